The quantitative estimate of drug-likeness (QED) is 0.644. The lowest BCUT2D eigenvalue weighted by Gasteiger charge is -2.36. The van der Waals surface area contributed by atoms with Crippen molar-refractivity contribution in [2.24, 2.45) is 0 Å². The van der Waals surface area contributed by atoms with Crippen LogP contribution in [-0.4, -0.2) is 42.7 Å². The molecule has 1 aromatic heterocycles. The summed E-state index contributed by atoms with van der Waals surface area (Å²) < 4.78 is 13.2. The molecule has 1 saturated heterocycles. The van der Waals surface area contributed by atoms with Gasteiger partial charge in [-0.3, -0.25) is 0 Å². The number of hydrogen-bond donors (Lipinski definition) is 0. The Morgan fingerprint density at radius 1 is 0.966 bits per heavy atom. The third-order valence-electron chi connectivity index (χ3n) is 5.29. The molecular formula is C23H26FN5. The predicted molar refractivity (Wildman–Crippen MR) is 117 cm³/mol. The van der Waals surface area contributed by atoms with Gasteiger partial charge in [0.05, 0.1) is 0 Å². The zero-order valence-corrected chi connectivity index (χ0v) is 16.9. The van der Waals surface area contributed by atoms with E-state index in [9.17, 15) is 4.39 Å². The van der Waals surface area contributed by atoms with Crippen molar-refractivity contribution in [3.8, 4) is 0 Å². The Balaban J connectivity index is 1.48. The summed E-state index contributed by atoms with van der Waals surface area (Å²) in [6.07, 6.45) is 1.84. The van der Waals surface area contributed by atoms with Crippen LogP contribution in [0.1, 0.15) is 12.5 Å². The summed E-state index contributed by atoms with van der Waals surface area (Å²) in [6, 6.07) is 17.1. The molecule has 0 N–H and O–H groups in total. The summed E-state index contributed by atoms with van der Waals surface area (Å²) in [5.74, 6) is 1.46. The molecule has 0 bridgehead atoms. The smallest absolute Gasteiger partial charge is 0.227 e. The number of aryl methyl sites for hydroxylation is 1. The second-order valence-electron chi connectivity index (χ2n) is 7.25. The second-order valence-corrected chi connectivity index (χ2v) is 7.25. The van der Waals surface area contributed by atoms with Gasteiger partial charge < -0.3 is 14.7 Å². The van der Waals surface area contributed by atoms with E-state index in [2.05, 4.69) is 57.8 Å². The first kappa shape index (κ1) is 19.2. The molecule has 3 aromatic rings. The van der Waals surface area contributed by atoms with Crippen LogP contribution in [0, 0.1) is 12.7 Å². The van der Waals surface area contributed by atoms with Crippen molar-refractivity contribution in [2.45, 2.75) is 13.8 Å². The van der Waals surface area contributed by atoms with E-state index in [1.807, 2.05) is 24.4 Å². The number of nitrogens with zero attached hydrogens (tertiary/aromatic N) is 5. The fourth-order valence-electron chi connectivity index (χ4n) is 3.73. The minimum absolute atomic E-state index is 0.202. The van der Waals surface area contributed by atoms with Crippen molar-refractivity contribution in [1.29, 1.82) is 0 Å². The van der Waals surface area contributed by atoms with Crippen LogP contribution in [0.4, 0.5) is 27.5 Å². The van der Waals surface area contributed by atoms with E-state index in [0.29, 0.717) is 0 Å². The molecule has 0 radical (unpaired) electrons. The highest BCUT2D eigenvalue weighted by Gasteiger charge is 2.20. The zero-order valence-electron chi connectivity index (χ0n) is 16.9. The van der Waals surface area contributed by atoms with Gasteiger partial charge in [-0.15, -0.1) is 0 Å². The largest absolute Gasteiger partial charge is 0.368 e. The Kier molecular flexibility index (Phi) is 5.60. The summed E-state index contributed by atoms with van der Waals surface area (Å²) in [6.45, 7) is 8.44. The van der Waals surface area contributed by atoms with Gasteiger partial charge in [-0.1, -0.05) is 12.1 Å². The third kappa shape index (κ3) is 4.31. The number of hydrogen-bond acceptors (Lipinski definition) is 5. The van der Waals surface area contributed by atoms with Crippen LogP contribution in [0.15, 0.2) is 60.8 Å². The Hall–Kier alpha value is -3.15. The standard InChI is InChI=1S/C23H26FN5/c1-3-29(21-6-4-5-18(2)17-21)22-11-12-25-23(26-22)28-15-13-27(14-16-28)20-9-7-19(24)8-10-20/h4-12,17H,3,13-16H2,1-2H3. The molecule has 0 unspecified atom stereocenters. The van der Waals surface area contributed by atoms with E-state index < -0.39 is 0 Å². The molecule has 0 atom stereocenters. The highest BCUT2D eigenvalue weighted by Crippen LogP contribution is 2.26. The fourth-order valence-corrected chi connectivity index (χ4v) is 3.73. The van der Waals surface area contributed by atoms with Crippen molar-refractivity contribution in [2.75, 3.05) is 47.4 Å². The van der Waals surface area contributed by atoms with Crippen LogP contribution in [-0.2, 0) is 0 Å². The van der Waals surface area contributed by atoms with Crippen molar-refractivity contribution >= 4 is 23.1 Å². The molecule has 6 heteroatoms. The van der Waals surface area contributed by atoms with Crippen LogP contribution >= 0.6 is 0 Å². The minimum atomic E-state index is -0.202. The number of piperazine rings is 1. The average Bonchev–Trinajstić information content (AvgIpc) is 2.75. The maximum Gasteiger partial charge on any atom is 0.227 e. The highest BCUT2D eigenvalue weighted by molar-refractivity contribution is 5.61. The molecule has 0 aliphatic carbocycles. The molecule has 0 saturated carbocycles. The van der Waals surface area contributed by atoms with Gasteiger partial charge >= 0.3 is 0 Å². The first-order chi connectivity index (χ1) is 14.1. The lowest BCUT2D eigenvalue weighted by atomic mass is 10.2. The highest BCUT2D eigenvalue weighted by atomic mass is 19.1. The maximum absolute atomic E-state index is 13.2. The molecule has 1 fully saturated rings. The topological polar surface area (TPSA) is 35.5 Å². The SMILES string of the molecule is CCN(c1cccc(C)c1)c1ccnc(N2CCN(c3ccc(F)cc3)CC2)n1. The molecule has 150 valence electrons. The normalized spacial score (nSPS) is 14.2. The van der Waals surface area contributed by atoms with Crippen molar-refractivity contribution in [3.63, 3.8) is 0 Å². The van der Waals surface area contributed by atoms with Gasteiger partial charge in [0.15, 0.2) is 0 Å². The number of rotatable bonds is 5. The van der Waals surface area contributed by atoms with E-state index in [4.69, 9.17) is 4.98 Å². The molecule has 29 heavy (non-hydrogen) atoms. The van der Waals surface area contributed by atoms with Gasteiger partial charge in [-0.2, -0.15) is 4.98 Å². The number of benzene rings is 2. The molecule has 4 rings (SSSR count). The summed E-state index contributed by atoms with van der Waals surface area (Å²) in [7, 11) is 0. The molecule has 2 heterocycles. The van der Waals surface area contributed by atoms with Crippen molar-refractivity contribution in [3.05, 3.63) is 72.2 Å². The van der Waals surface area contributed by atoms with Crippen LogP contribution in [0.2, 0.25) is 0 Å². The zero-order chi connectivity index (χ0) is 20.2. The van der Waals surface area contributed by atoms with Gasteiger partial charge in [-0.05, 0) is 61.9 Å². The van der Waals surface area contributed by atoms with Crippen molar-refractivity contribution < 1.29 is 4.39 Å². The molecule has 2 aromatic carbocycles. The monoisotopic (exact) mass is 391 g/mol. The molecule has 0 amide bonds. The van der Waals surface area contributed by atoms with E-state index in [0.717, 1.165) is 55.9 Å². The number of aromatic nitrogens is 2. The predicted octanol–water partition coefficient (Wildman–Crippen LogP) is 4.41. The van der Waals surface area contributed by atoms with Gasteiger partial charge in [-0.25, -0.2) is 9.37 Å². The Morgan fingerprint density at radius 2 is 1.69 bits per heavy atom. The van der Waals surface area contributed by atoms with E-state index in [-0.39, 0.29) is 5.82 Å². The summed E-state index contributed by atoms with van der Waals surface area (Å²) >= 11 is 0. The minimum Gasteiger partial charge on any atom is -0.368 e. The summed E-state index contributed by atoms with van der Waals surface area (Å²) in [5, 5.41) is 0. The van der Waals surface area contributed by atoms with Crippen LogP contribution in [0.25, 0.3) is 0 Å². The van der Waals surface area contributed by atoms with Crippen LogP contribution < -0.4 is 14.7 Å². The van der Waals surface area contributed by atoms with Crippen LogP contribution in [0.3, 0.4) is 0 Å². The Bertz CT molecular complexity index is 951. The average molecular weight is 391 g/mol. The second kappa shape index (κ2) is 8.47. The molecule has 0 spiro atoms. The maximum atomic E-state index is 13.2. The third-order valence-corrected chi connectivity index (χ3v) is 5.29. The fraction of sp³-hybridized carbons (Fsp3) is 0.304. The summed E-state index contributed by atoms with van der Waals surface area (Å²) in [4.78, 5) is 16.1. The summed E-state index contributed by atoms with van der Waals surface area (Å²) in [5.41, 5.74) is 3.42. The number of anilines is 4. The van der Waals surface area contributed by atoms with E-state index in [1.54, 1.807) is 0 Å². The van der Waals surface area contributed by atoms with E-state index in [1.165, 1.54) is 17.7 Å². The Labute approximate surface area is 171 Å². The molecular weight excluding hydrogens is 365 g/mol. The molecule has 1 aliphatic heterocycles. The first-order valence-electron chi connectivity index (χ1n) is 10.1. The van der Waals surface area contributed by atoms with Gasteiger partial charge in [0, 0.05) is 50.3 Å². The number of halogens is 1. The molecule has 5 nitrogen and oxygen atoms in total. The Morgan fingerprint density at radius 3 is 2.38 bits per heavy atom. The lowest BCUT2D eigenvalue weighted by molar-refractivity contribution is 0.623. The van der Waals surface area contributed by atoms with Crippen LogP contribution in [0.5, 0.6) is 0 Å². The lowest BCUT2D eigenvalue weighted by Crippen LogP contribution is -2.47. The van der Waals surface area contributed by atoms with Crippen molar-refractivity contribution in [1.82, 2.24) is 9.97 Å². The molecule has 1 aliphatic rings. The first-order valence-corrected chi connectivity index (χ1v) is 10.1. The van der Waals surface area contributed by atoms with Gasteiger partial charge in [0.1, 0.15) is 11.6 Å². The van der Waals surface area contributed by atoms with Gasteiger partial charge in [0.25, 0.3) is 0 Å². The van der Waals surface area contributed by atoms with Gasteiger partial charge in [0.2, 0.25) is 5.95 Å². The van der Waals surface area contributed by atoms with E-state index >= 15 is 0 Å².